The van der Waals surface area contributed by atoms with Crippen LogP contribution < -0.4 is 10.6 Å². The molecule has 3 N–H and O–H groups in total. The van der Waals surface area contributed by atoms with Crippen LogP contribution in [0.25, 0.3) is 10.4 Å². The monoisotopic (exact) mass is 700 g/mol. The number of nitrogens with zero attached hydrogens (tertiary/aromatic N) is 4. The molecule has 0 bridgehead atoms. The van der Waals surface area contributed by atoms with Gasteiger partial charge in [0.1, 0.15) is 18.5 Å². The van der Waals surface area contributed by atoms with Crippen molar-refractivity contribution in [1.29, 1.82) is 0 Å². The topological polar surface area (TPSA) is 154 Å². The normalized spacial score (nSPS) is 19.8. The van der Waals surface area contributed by atoms with Crippen LogP contribution in [0.1, 0.15) is 52.3 Å². The summed E-state index contributed by atoms with van der Waals surface area (Å²) in [7, 11) is 0. The fourth-order valence-corrected chi connectivity index (χ4v) is 6.89. The standard InChI is InChI=1S/C35H52N6O7S/c1-24-31(49-23-37-24)26-9-7-25(8-10-26)18-36-32(45)28-17-27(43)19-41(28)22-35(5,6)29(20-42)38-30(44)21-47-16-15-39-11-13-40(14-12-39)33(46)48-34(2,3)4/h7-10,20,23,27-29,43H,11-19,21-22H2,1-6H3,(H,36,45)(H,38,44)/t27-,28+,29-/m1/s1. The Balaban J connectivity index is 1.19. The minimum atomic E-state index is -0.827. The second-order valence-corrected chi connectivity index (χ2v) is 15.4. The number of aryl methyl sites for hydroxylation is 1. The number of nitrogens with one attached hydrogen (secondary N) is 2. The van der Waals surface area contributed by atoms with Crippen LogP contribution in [0.4, 0.5) is 4.79 Å². The first-order valence-corrected chi connectivity index (χ1v) is 17.7. The molecule has 2 aliphatic rings. The largest absolute Gasteiger partial charge is 0.444 e. The number of aliphatic hydroxyl groups excluding tert-OH is 1. The van der Waals surface area contributed by atoms with Gasteiger partial charge in [-0.15, -0.1) is 11.3 Å². The Morgan fingerprint density at radius 3 is 2.41 bits per heavy atom. The molecule has 0 saturated carbocycles. The van der Waals surface area contributed by atoms with E-state index in [4.69, 9.17) is 9.47 Å². The quantitative estimate of drug-likeness (QED) is 0.198. The maximum absolute atomic E-state index is 13.3. The number of piperazine rings is 1. The first kappa shape index (κ1) is 38.4. The lowest BCUT2D eigenvalue weighted by atomic mass is 9.84. The van der Waals surface area contributed by atoms with Crippen LogP contribution in [0, 0.1) is 12.3 Å². The molecule has 3 atom stereocenters. The molecule has 49 heavy (non-hydrogen) atoms. The number of carbonyl (C=O) groups excluding carboxylic acids is 4. The molecular weight excluding hydrogens is 648 g/mol. The summed E-state index contributed by atoms with van der Waals surface area (Å²) in [5.74, 6) is -0.603. The van der Waals surface area contributed by atoms with Crippen LogP contribution in [0.3, 0.4) is 0 Å². The summed E-state index contributed by atoms with van der Waals surface area (Å²) in [5, 5.41) is 16.3. The highest BCUT2D eigenvalue weighted by Gasteiger charge is 2.41. The third kappa shape index (κ3) is 11.3. The number of benzene rings is 1. The van der Waals surface area contributed by atoms with Crippen molar-refractivity contribution in [3.63, 3.8) is 0 Å². The molecule has 0 unspecified atom stereocenters. The van der Waals surface area contributed by atoms with Crippen LogP contribution in [-0.2, 0) is 30.4 Å². The zero-order valence-corrected chi connectivity index (χ0v) is 30.4. The average Bonchev–Trinajstić information content (AvgIpc) is 3.64. The number of ether oxygens (including phenoxy) is 2. The predicted octanol–water partition coefficient (Wildman–Crippen LogP) is 2.45. The number of amides is 3. The molecular formula is C35H52N6O7S. The molecule has 14 heteroatoms. The van der Waals surface area contributed by atoms with Crippen molar-refractivity contribution in [3.05, 3.63) is 41.0 Å². The highest BCUT2D eigenvalue weighted by Crippen LogP contribution is 2.29. The van der Waals surface area contributed by atoms with E-state index in [0.29, 0.717) is 65.3 Å². The molecule has 0 radical (unpaired) electrons. The summed E-state index contributed by atoms with van der Waals surface area (Å²) >= 11 is 1.59. The van der Waals surface area contributed by atoms with Crippen molar-refractivity contribution >= 4 is 35.5 Å². The molecule has 1 aromatic heterocycles. The smallest absolute Gasteiger partial charge is 0.410 e. The van der Waals surface area contributed by atoms with Crippen molar-refractivity contribution in [2.24, 2.45) is 5.41 Å². The van der Waals surface area contributed by atoms with E-state index in [2.05, 4.69) is 20.5 Å². The molecule has 2 fully saturated rings. The lowest BCUT2D eigenvalue weighted by Gasteiger charge is -2.37. The molecule has 0 aliphatic carbocycles. The van der Waals surface area contributed by atoms with Crippen LogP contribution in [0.2, 0.25) is 0 Å². The van der Waals surface area contributed by atoms with Gasteiger partial charge in [0, 0.05) is 57.8 Å². The number of likely N-dealkylation sites (tertiary alicyclic amines) is 1. The lowest BCUT2D eigenvalue weighted by molar-refractivity contribution is -0.130. The maximum atomic E-state index is 13.3. The minimum absolute atomic E-state index is 0.193. The Morgan fingerprint density at radius 2 is 1.80 bits per heavy atom. The zero-order chi connectivity index (χ0) is 35.8. The van der Waals surface area contributed by atoms with Crippen LogP contribution >= 0.6 is 11.3 Å². The molecule has 13 nitrogen and oxygen atoms in total. The van der Waals surface area contributed by atoms with Crippen molar-refractivity contribution in [1.82, 2.24) is 30.3 Å². The highest BCUT2D eigenvalue weighted by molar-refractivity contribution is 7.13. The van der Waals surface area contributed by atoms with E-state index >= 15 is 0 Å². The van der Waals surface area contributed by atoms with E-state index in [-0.39, 0.29) is 25.0 Å². The third-order valence-electron chi connectivity index (χ3n) is 8.83. The van der Waals surface area contributed by atoms with Crippen molar-refractivity contribution < 1.29 is 33.8 Å². The number of aromatic nitrogens is 1. The zero-order valence-electron chi connectivity index (χ0n) is 29.6. The Morgan fingerprint density at radius 1 is 1.10 bits per heavy atom. The number of rotatable bonds is 14. The molecule has 3 amide bonds. The van der Waals surface area contributed by atoms with Gasteiger partial charge >= 0.3 is 6.09 Å². The van der Waals surface area contributed by atoms with E-state index < -0.39 is 35.1 Å². The van der Waals surface area contributed by atoms with E-state index in [1.54, 1.807) is 16.2 Å². The fraction of sp³-hybridized carbons (Fsp3) is 0.629. The molecule has 0 spiro atoms. The summed E-state index contributed by atoms with van der Waals surface area (Å²) in [5.41, 5.74) is 3.57. The maximum Gasteiger partial charge on any atom is 0.410 e. The average molecular weight is 701 g/mol. The molecule has 2 aliphatic heterocycles. The van der Waals surface area contributed by atoms with Gasteiger partial charge in [-0.05, 0) is 45.2 Å². The third-order valence-corrected chi connectivity index (χ3v) is 9.80. The van der Waals surface area contributed by atoms with Gasteiger partial charge < -0.3 is 34.9 Å². The SMILES string of the molecule is Cc1ncsc1-c1ccc(CNC(=O)[C@@H]2C[C@@H](O)CN2CC(C)(C)[C@@H](C=O)NC(=O)COCCN2CCN(C(=O)OC(C)(C)C)CC2)cc1. The highest BCUT2D eigenvalue weighted by atomic mass is 32.1. The van der Waals surface area contributed by atoms with Gasteiger partial charge in [0.15, 0.2) is 0 Å². The summed E-state index contributed by atoms with van der Waals surface area (Å²) in [6.07, 6.45) is 0.00767. The first-order chi connectivity index (χ1) is 23.1. The number of carbonyl (C=O) groups is 4. The first-order valence-electron chi connectivity index (χ1n) is 16.9. The Hall–Kier alpha value is -3.43. The Kier molecular flexibility index (Phi) is 13.3. The van der Waals surface area contributed by atoms with Crippen molar-refractivity contribution in [3.8, 4) is 10.4 Å². The summed E-state index contributed by atoms with van der Waals surface area (Å²) in [4.78, 5) is 61.6. The van der Waals surface area contributed by atoms with Gasteiger partial charge in [0.05, 0.1) is 40.9 Å². The van der Waals surface area contributed by atoms with Gasteiger partial charge in [0.2, 0.25) is 11.8 Å². The number of hydrogen-bond donors (Lipinski definition) is 3. The van der Waals surface area contributed by atoms with Crippen LogP contribution in [-0.4, -0.2) is 132 Å². The van der Waals surface area contributed by atoms with E-state index in [0.717, 1.165) is 21.7 Å². The van der Waals surface area contributed by atoms with E-state index in [1.165, 1.54) is 0 Å². The number of β-amino-alcohol motifs (C(OH)–C–C–N with tert-alkyl or cyclic N) is 1. The lowest BCUT2D eigenvalue weighted by Crippen LogP contribution is -2.54. The van der Waals surface area contributed by atoms with Gasteiger partial charge in [0.25, 0.3) is 0 Å². The predicted molar refractivity (Wildman–Crippen MR) is 187 cm³/mol. The van der Waals surface area contributed by atoms with Gasteiger partial charge in [-0.1, -0.05) is 38.1 Å². The summed E-state index contributed by atoms with van der Waals surface area (Å²) in [6.45, 7) is 15.4. The van der Waals surface area contributed by atoms with Crippen LogP contribution in [0.5, 0.6) is 0 Å². The molecule has 2 aromatic rings. The molecule has 1 aromatic carbocycles. The molecule has 2 saturated heterocycles. The van der Waals surface area contributed by atoms with Crippen molar-refractivity contribution in [2.75, 3.05) is 59.0 Å². The van der Waals surface area contributed by atoms with E-state index in [9.17, 15) is 24.3 Å². The van der Waals surface area contributed by atoms with E-state index in [1.807, 2.05) is 76.2 Å². The molecule has 270 valence electrons. The fourth-order valence-electron chi connectivity index (χ4n) is 6.08. The van der Waals surface area contributed by atoms with Gasteiger partial charge in [-0.3, -0.25) is 19.4 Å². The Bertz CT molecular complexity index is 1420. The van der Waals surface area contributed by atoms with Crippen LogP contribution in [0.15, 0.2) is 29.8 Å². The number of thiazole rings is 1. The summed E-state index contributed by atoms with van der Waals surface area (Å²) < 4.78 is 11.1. The number of aldehydes is 1. The second kappa shape index (κ2) is 17.0. The second-order valence-electron chi connectivity index (χ2n) is 14.5. The van der Waals surface area contributed by atoms with Crippen molar-refractivity contribution in [2.45, 2.75) is 78.3 Å². The molecule has 3 heterocycles. The van der Waals surface area contributed by atoms with Gasteiger partial charge in [-0.2, -0.15) is 0 Å². The Labute approximate surface area is 293 Å². The summed E-state index contributed by atoms with van der Waals surface area (Å²) in [6, 6.07) is 6.61. The number of aliphatic hydroxyl groups is 1. The van der Waals surface area contributed by atoms with Gasteiger partial charge in [-0.25, -0.2) is 9.78 Å². The molecule has 4 rings (SSSR count). The minimum Gasteiger partial charge on any atom is -0.444 e. The number of hydrogen-bond acceptors (Lipinski definition) is 11.